The molecule has 0 fully saturated rings. The second-order valence-electron chi connectivity index (χ2n) is 6.68. The molecule has 134 valence electrons. The third-order valence-electron chi connectivity index (χ3n) is 5.08. The number of rotatable bonds is 2. The third kappa shape index (κ3) is 2.17. The molecular formula is C22H12FN3O2. The number of aromatic nitrogens is 2. The number of hydrogen-bond acceptors (Lipinski definition) is 3. The van der Waals surface area contributed by atoms with Gasteiger partial charge in [0.15, 0.2) is 0 Å². The lowest BCUT2D eigenvalue weighted by Gasteiger charge is -2.16. The van der Waals surface area contributed by atoms with Crippen LogP contribution in [-0.4, -0.2) is 15.0 Å². The van der Waals surface area contributed by atoms with E-state index in [1.54, 1.807) is 36.5 Å². The lowest BCUT2D eigenvalue weighted by molar-refractivity contribution is 0.0968. The number of fused-ring (bicyclic) bond motifs is 4. The maximum absolute atomic E-state index is 13.8. The van der Waals surface area contributed by atoms with Crippen LogP contribution in [0.5, 0.6) is 0 Å². The SMILES string of the molecule is N#Cc1ccc(Cn2c3c(c(=O)c4cc(F)ccc42)C(=O)n2cccc2-3)cc1. The Morgan fingerprint density at radius 1 is 1.04 bits per heavy atom. The molecule has 1 aliphatic heterocycles. The molecule has 0 bridgehead atoms. The van der Waals surface area contributed by atoms with E-state index in [0.717, 1.165) is 5.56 Å². The zero-order chi connectivity index (χ0) is 19.4. The summed E-state index contributed by atoms with van der Waals surface area (Å²) in [6.07, 6.45) is 1.62. The Kier molecular flexibility index (Phi) is 3.34. The van der Waals surface area contributed by atoms with Gasteiger partial charge in [0.25, 0.3) is 5.91 Å². The molecule has 0 N–H and O–H groups in total. The van der Waals surface area contributed by atoms with Gasteiger partial charge in [-0.15, -0.1) is 0 Å². The number of halogens is 1. The predicted octanol–water partition coefficient (Wildman–Crippen LogP) is 3.53. The highest BCUT2D eigenvalue weighted by atomic mass is 19.1. The molecule has 0 spiro atoms. The van der Waals surface area contributed by atoms with Gasteiger partial charge in [0.05, 0.1) is 28.5 Å². The molecule has 0 radical (unpaired) electrons. The first-order chi connectivity index (χ1) is 13.6. The van der Waals surface area contributed by atoms with Crippen LogP contribution in [0.25, 0.3) is 22.3 Å². The van der Waals surface area contributed by atoms with Crippen molar-refractivity contribution in [3.63, 3.8) is 0 Å². The van der Waals surface area contributed by atoms with Crippen molar-refractivity contribution < 1.29 is 9.18 Å². The van der Waals surface area contributed by atoms with E-state index in [9.17, 15) is 14.0 Å². The van der Waals surface area contributed by atoms with Crippen LogP contribution in [0.4, 0.5) is 4.39 Å². The Morgan fingerprint density at radius 3 is 2.57 bits per heavy atom. The van der Waals surface area contributed by atoms with Crippen LogP contribution in [0.15, 0.2) is 65.6 Å². The molecule has 1 aliphatic rings. The maximum Gasteiger partial charge on any atom is 0.268 e. The van der Waals surface area contributed by atoms with Crippen LogP contribution < -0.4 is 5.43 Å². The predicted molar refractivity (Wildman–Crippen MR) is 102 cm³/mol. The highest BCUT2D eigenvalue weighted by molar-refractivity contribution is 6.10. The van der Waals surface area contributed by atoms with Gasteiger partial charge in [-0.25, -0.2) is 4.39 Å². The van der Waals surface area contributed by atoms with Crippen molar-refractivity contribution in [3.8, 4) is 17.5 Å². The highest BCUT2D eigenvalue weighted by Crippen LogP contribution is 2.33. The first-order valence-electron chi connectivity index (χ1n) is 8.66. The zero-order valence-corrected chi connectivity index (χ0v) is 14.5. The van der Waals surface area contributed by atoms with Crippen molar-refractivity contribution in [2.45, 2.75) is 6.54 Å². The van der Waals surface area contributed by atoms with Crippen LogP contribution in [0, 0.1) is 17.1 Å². The minimum absolute atomic E-state index is 0.0577. The summed E-state index contributed by atoms with van der Waals surface area (Å²) in [6, 6.07) is 16.7. The van der Waals surface area contributed by atoms with Crippen LogP contribution in [0.1, 0.15) is 21.5 Å². The Bertz CT molecular complexity index is 1390. The molecule has 6 heteroatoms. The summed E-state index contributed by atoms with van der Waals surface area (Å²) in [4.78, 5) is 25.8. The van der Waals surface area contributed by atoms with Crippen molar-refractivity contribution in [2.24, 2.45) is 0 Å². The van der Waals surface area contributed by atoms with Crippen molar-refractivity contribution >= 4 is 16.8 Å². The molecule has 0 aliphatic carbocycles. The van der Waals surface area contributed by atoms with Gasteiger partial charge >= 0.3 is 0 Å². The van der Waals surface area contributed by atoms with Crippen molar-refractivity contribution in [1.29, 1.82) is 5.26 Å². The summed E-state index contributed by atoms with van der Waals surface area (Å²) in [5.41, 5.74) is 2.76. The molecule has 2 aromatic carbocycles. The molecule has 5 rings (SSSR count). The quantitative estimate of drug-likeness (QED) is 0.478. The Morgan fingerprint density at radius 2 is 1.82 bits per heavy atom. The maximum atomic E-state index is 13.8. The minimum Gasteiger partial charge on any atom is -0.334 e. The van der Waals surface area contributed by atoms with Gasteiger partial charge in [0.2, 0.25) is 5.43 Å². The summed E-state index contributed by atoms with van der Waals surface area (Å²) in [5.74, 6) is -0.931. The fraction of sp³-hybridized carbons (Fsp3) is 0.0455. The topological polar surface area (TPSA) is 67.8 Å². The molecule has 5 nitrogen and oxygen atoms in total. The minimum atomic E-state index is -0.528. The van der Waals surface area contributed by atoms with Gasteiger partial charge in [-0.2, -0.15) is 5.26 Å². The van der Waals surface area contributed by atoms with E-state index in [1.165, 1.54) is 16.7 Å². The molecule has 0 amide bonds. The average Bonchev–Trinajstić information content (AvgIpc) is 3.28. The molecular weight excluding hydrogens is 357 g/mol. The van der Waals surface area contributed by atoms with Gasteiger partial charge in [0, 0.05) is 18.1 Å². The molecule has 0 saturated carbocycles. The van der Waals surface area contributed by atoms with E-state index in [-0.39, 0.29) is 10.9 Å². The Labute approximate surface area is 158 Å². The van der Waals surface area contributed by atoms with E-state index in [4.69, 9.17) is 5.26 Å². The summed E-state index contributed by atoms with van der Waals surface area (Å²) in [6.45, 7) is 0.370. The first kappa shape index (κ1) is 16.2. The summed E-state index contributed by atoms with van der Waals surface area (Å²) in [5, 5.41) is 9.16. The van der Waals surface area contributed by atoms with Crippen molar-refractivity contribution in [1.82, 2.24) is 9.13 Å². The van der Waals surface area contributed by atoms with Crippen LogP contribution in [0.3, 0.4) is 0 Å². The average molecular weight is 369 g/mol. The monoisotopic (exact) mass is 369 g/mol. The fourth-order valence-electron chi connectivity index (χ4n) is 3.79. The lowest BCUT2D eigenvalue weighted by Crippen LogP contribution is -2.20. The van der Waals surface area contributed by atoms with E-state index in [0.29, 0.717) is 29.0 Å². The lowest BCUT2D eigenvalue weighted by atomic mass is 10.1. The number of carbonyl (C=O) groups excluding carboxylic acids is 1. The smallest absolute Gasteiger partial charge is 0.268 e. The second kappa shape index (κ2) is 5.76. The van der Waals surface area contributed by atoms with E-state index in [2.05, 4.69) is 6.07 Å². The highest BCUT2D eigenvalue weighted by Gasteiger charge is 2.32. The molecule has 3 heterocycles. The van der Waals surface area contributed by atoms with Crippen LogP contribution in [0.2, 0.25) is 0 Å². The van der Waals surface area contributed by atoms with Crippen molar-refractivity contribution in [2.75, 3.05) is 0 Å². The van der Waals surface area contributed by atoms with Gasteiger partial charge in [-0.05, 0) is 48.0 Å². The van der Waals surface area contributed by atoms with Gasteiger partial charge < -0.3 is 4.57 Å². The molecule has 4 aromatic rings. The van der Waals surface area contributed by atoms with Gasteiger partial charge in [0.1, 0.15) is 11.4 Å². The summed E-state index contributed by atoms with van der Waals surface area (Å²) in [7, 11) is 0. The number of benzene rings is 2. The Balaban J connectivity index is 1.84. The molecule has 0 saturated heterocycles. The number of nitrogens with zero attached hydrogens (tertiary/aromatic N) is 3. The fourth-order valence-corrected chi connectivity index (χ4v) is 3.79. The summed E-state index contributed by atoms with van der Waals surface area (Å²) >= 11 is 0. The molecule has 0 atom stereocenters. The van der Waals surface area contributed by atoms with E-state index >= 15 is 0 Å². The van der Waals surface area contributed by atoms with Crippen molar-refractivity contribution in [3.05, 3.63) is 93.5 Å². The molecule has 0 unspecified atom stereocenters. The number of carbonyl (C=O) groups is 1. The molecule has 2 aromatic heterocycles. The van der Waals surface area contributed by atoms with Crippen LogP contribution in [-0.2, 0) is 6.54 Å². The third-order valence-corrected chi connectivity index (χ3v) is 5.08. The standard InChI is InChI=1S/C22H12FN3O2/c23-15-7-8-17-16(10-15)21(27)19-20(18-2-1-9-25(18)22(19)28)26(17)12-14-5-3-13(11-24)4-6-14/h1-10H,12H2. The second-order valence-corrected chi connectivity index (χ2v) is 6.68. The first-order valence-corrected chi connectivity index (χ1v) is 8.66. The normalized spacial score (nSPS) is 12.1. The largest absolute Gasteiger partial charge is 0.334 e. The van der Waals surface area contributed by atoms with E-state index < -0.39 is 17.2 Å². The number of hydrogen-bond donors (Lipinski definition) is 0. The van der Waals surface area contributed by atoms with Gasteiger partial charge in [-0.1, -0.05) is 12.1 Å². The van der Waals surface area contributed by atoms with Gasteiger partial charge in [-0.3, -0.25) is 14.2 Å². The molecule has 28 heavy (non-hydrogen) atoms. The van der Waals surface area contributed by atoms with Crippen LogP contribution >= 0.6 is 0 Å². The number of pyridine rings is 1. The summed E-state index contributed by atoms with van der Waals surface area (Å²) < 4.78 is 17.1. The zero-order valence-electron chi connectivity index (χ0n) is 14.5. The number of nitriles is 1. The van der Waals surface area contributed by atoms with E-state index in [1.807, 2.05) is 16.7 Å². The Hall–Kier alpha value is -3.98.